The second-order valence-electron chi connectivity index (χ2n) is 8.00. The summed E-state index contributed by atoms with van der Waals surface area (Å²) in [5, 5.41) is 0.584. The number of methoxy groups -OCH3 is 1. The molecule has 1 atom stereocenters. The number of fused-ring (bicyclic) bond motifs is 1. The van der Waals surface area contributed by atoms with Crippen LogP contribution in [0.2, 0.25) is 5.02 Å². The van der Waals surface area contributed by atoms with Crippen molar-refractivity contribution in [1.82, 2.24) is 9.47 Å². The fraction of sp³-hybridized carbons (Fsp3) is 0.269. The number of aromatic nitrogens is 1. The van der Waals surface area contributed by atoms with Crippen LogP contribution in [0.5, 0.6) is 5.75 Å². The molecule has 0 fully saturated rings. The Bertz CT molecular complexity index is 1490. The third-order valence-electron chi connectivity index (χ3n) is 5.97. The van der Waals surface area contributed by atoms with Gasteiger partial charge in [0.25, 0.3) is 11.5 Å². The molecule has 35 heavy (non-hydrogen) atoms. The molecule has 0 saturated heterocycles. The number of likely N-dealkylation sites (N-methyl/N-ethyl adjacent to an activating group) is 1. The van der Waals surface area contributed by atoms with Crippen LogP contribution < -0.4 is 19.6 Å². The molecule has 1 amide bonds. The third kappa shape index (κ3) is 4.87. The molecule has 0 unspecified atom stereocenters. The minimum Gasteiger partial charge on any atom is -0.496 e. The first-order valence-electron chi connectivity index (χ1n) is 11.2. The number of rotatable bonds is 6. The van der Waals surface area contributed by atoms with Crippen LogP contribution in [-0.4, -0.2) is 35.6 Å². The largest absolute Gasteiger partial charge is 0.496 e. The predicted octanol–water partition coefficient (Wildman–Crippen LogP) is 4.53. The van der Waals surface area contributed by atoms with Crippen LogP contribution >= 0.6 is 38.9 Å². The van der Waals surface area contributed by atoms with Crippen molar-refractivity contribution in [2.24, 2.45) is 4.99 Å². The highest BCUT2D eigenvalue weighted by Gasteiger charge is 2.34. The lowest BCUT2D eigenvalue weighted by Gasteiger charge is -2.29. The molecule has 2 heterocycles. The Kier molecular flexibility index (Phi) is 7.64. The molecule has 0 bridgehead atoms. The first-order valence-corrected chi connectivity index (χ1v) is 13.2. The number of carbonyl (C=O) groups is 1. The summed E-state index contributed by atoms with van der Waals surface area (Å²) in [5.74, 6) is 0.529. The van der Waals surface area contributed by atoms with Gasteiger partial charge in [-0.3, -0.25) is 14.2 Å². The molecule has 0 spiro atoms. The Morgan fingerprint density at radius 1 is 1.23 bits per heavy atom. The predicted molar refractivity (Wildman–Crippen MR) is 144 cm³/mol. The van der Waals surface area contributed by atoms with Crippen molar-refractivity contribution < 1.29 is 9.53 Å². The Morgan fingerprint density at radius 3 is 2.54 bits per heavy atom. The summed E-state index contributed by atoms with van der Waals surface area (Å²) in [4.78, 5) is 34.4. The first kappa shape index (κ1) is 25.4. The fourth-order valence-electron chi connectivity index (χ4n) is 4.20. The van der Waals surface area contributed by atoms with Gasteiger partial charge in [0.15, 0.2) is 4.80 Å². The molecular formula is C26H25BrClN3O3S. The molecule has 1 aliphatic rings. The van der Waals surface area contributed by atoms with Crippen molar-refractivity contribution in [3.63, 3.8) is 0 Å². The molecule has 2 aromatic carbocycles. The highest BCUT2D eigenvalue weighted by Crippen LogP contribution is 2.32. The molecule has 0 N–H and O–H groups in total. The average Bonchev–Trinajstić information content (AvgIpc) is 3.14. The maximum absolute atomic E-state index is 13.8. The van der Waals surface area contributed by atoms with Crippen molar-refractivity contribution in [2.75, 3.05) is 20.2 Å². The van der Waals surface area contributed by atoms with Crippen molar-refractivity contribution in [3.05, 3.63) is 94.0 Å². The summed E-state index contributed by atoms with van der Waals surface area (Å²) < 4.78 is 8.48. The lowest BCUT2D eigenvalue weighted by atomic mass is 9.94. The smallest absolute Gasteiger partial charge is 0.271 e. The normalized spacial score (nSPS) is 15.6. The molecule has 4 rings (SSSR count). The highest BCUT2D eigenvalue weighted by atomic mass is 79.9. The van der Waals surface area contributed by atoms with E-state index in [2.05, 4.69) is 15.9 Å². The number of nitrogens with zero attached hydrogens (tertiary/aromatic N) is 3. The van der Waals surface area contributed by atoms with E-state index in [1.165, 1.54) is 11.3 Å². The van der Waals surface area contributed by atoms with E-state index in [0.717, 1.165) is 15.6 Å². The summed E-state index contributed by atoms with van der Waals surface area (Å²) in [6.45, 7) is 6.83. The summed E-state index contributed by atoms with van der Waals surface area (Å²) >= 11 is 10.9. The molecule has 1 aromatic heterocycles. The Balaban J connectivity index is 1.98. The van der Waals surface area contributed by atoms with Crippen LogP contribution in [-0.2, 0) is 4.79 Å². The van der Waals surface area contributed by atoms with Crippen LogP contribution in [0.25, 0.3) is 6.08 Å². The number of amides is 1. The van der Waals surface area contributed by atoms with Gasteiger partial charge >= 0.3 is 0 Å². The molecule has 3 aromatic rings. The van der Waals surface area contributed by atoms with Gasteiger partial charge in [0.2, 0.25) is 0 Å². The quantitative estimate of drug-likeness (QED) is 0.435. The van der Waals surface area contributed by atoms with Gasteiger partial charge in [0.05, 0.1) is 29.0 Å². The van der Waals surface area contributed by atoms with E-state index in [9.17, 15) is 9.59 Å². The topological polar surface area (TPSA) is 63.9 Å². The van der Waals surface area contributed by atoms with E-state index in [1.807, 2.05) is 51.1 Å². The Labute approximate surface area is 221 Å². The number of benzene rings is 2. The molecule has 0 aliphatic carbocycles. The monoisotopic (exact) mass is 573 g/mol. The van der Waals surface area contributed by atoms with Gasteiger partial charge in [-0.15, -0.1) is 0 Å². The molecule has 6 nitrogen and oxygen atoms in total. The molecular weight excluding hydrogens is 550 g/mol. The van der Waals surface area contributed by atoms with Gasteiger partial charge in [-0.2, -0.15) is 0 Å². The minimum absolute atomic E-state index is 0.126. The molecule has 9 heteroatoms. The number of hydrogen-bond acceptors (Lipinski definition) is 5. The standard InChI is InChI=1S/C26H25BrClN3O3S/c1-5-30(6-2)25(33)22-15(3)29-26-31(23(22)16-7-10-19(28)11-8-16)24(32)21(35-26)14-17-13-18(27)9-12-20(17)34-4/h7-14,23H,5-6H2,1-4H3/b21-14+/t23-/m1/s1. The van der Waals surface area contributed by atoms with Crippen molar-refractivity contribution in [3.8, 4) is 5.75 Å². The van der Waals surface area contributed by atoms with Gasteiger partial charge in [0.1, 0.15) is 5.75 Å². The summed E-state index contributed by atoms with van der Waals surface area (Å²) in [5.41, 5.74) is 2.45. The Hall–Kier alpha value is -2.68. The van der Waals surface area contributed by atoms with Gasteiger partial charge in [-0.25, -0.2) is 4.99 Å². The van der Waals surface area contributed by atoms with Crippen LogP contribution in [0, 0.1) is 0 Å². The van der Waals surface area contributed by atoms with Gasteiger partial charge < -0.3 is 9.64 Å². The van der Waals surface area contributed by atoms with Crippen LogP contribution in [0.3, 0.4) is 0 Å². The lowest BCUT2D eigenvalue weighted by Crippen LogP contribution is -2.43. The van der Waals surface area contributed by atoms with Gasteiger partial charge in [0, 0.05) is 28.1 Å². The Morgan fingerprint density at radius 2 is 1.91 bits per heavy atom. The number of thiazole rings is 1. The average molecular weight is 575 g/mol. The number of ether oxygens (including phenoxy) is 1. The third-order valence-corrected chi connectivity index (χ3v) is 7.70. The zero-order valence-electron chi connectivity index (χ0n) is 19.8. The second kappa shape index (κ2) is 10.5. The van der Waals surface area contributed by atoms with Crippen LogP contribution in [0.4, 0.5) is 0 Å². The second-order valence-corrected chi connectivity index (χ2v) is 10.4. The lowest BCUT2D eigenvalue weighted by molar-refractivity contribution is -0.127. The van der Waals surface area contributed by atoms with E-state index in [-0.39, 0.29) is 11.5 Å². The maximum Gasteiger partial charge on any atom is 0.271 e. The first-order chi connectivity index (χ1) is 16.8. The minimum atomic E-state index is -0.608. The fourth-order valence-corrected chi connectivity index (χ4v) is 5.74. The van der Waals surface area contributed by atoms with E-state index in [1.54, 1.807) is 34.8 Å². The summed E-state index contributed by atoms with van der Waals surface area (Å²) in [6.07, 6.45) is 1.80. The van der Waals surface area contributed by atoms with E-state index in [4.69, 9.17) is 21.3 Å². The number of allylic oxidation sites excluding steroid dienone is 1. The van der Waals surface area contributed by atoms with E-state index < -0.39 is 6.04 Å². The summed E-state index contributed by atoms with van der Waals surface area (Å²) in [6, 6.07) is 12.3. The van der Waals surface area contributed by atoms with Crippen molar-refractivity contribution in [1.29, 1.82) is 0 Å². The molecule has 0 saturated carbocycles. The number of carbonyl (C=O) groups excluding carboxylic acids is 1. The van der Waals surface area contributed by atoms with Crippen molar-refractivity contribution in [2.45, 2.75) is 26.8 Å². The highest BCUT2D eigenvalue weighted by molar-refractivity contribution is 9.10. The van der Waals surface area contributed by atoms with Gasteiger partial charge in [-0.05, 0) is 62.7 Å². The number of halogens is 2. The van der Waals surface area contributed by atoms with E-state index in [0.29, 0.717) is 44.5 Å². The molecule has 182 valence electrons. The van der Waals surface area contributed by atoms with Crippen LogP contribution in [0.1, 0.15) is 37.9 Å². The molecule has 0 radical (unpaired) electrons. The van der Waals surface area contributed by atoms with Crippen LogP contribution in [0.15, 0.2) is 68.0 Å². The zero-order valence-corrected chi connectivity index (χ0v) is 23.0. The molecule has 1 aliphatic heterocycles. The van der Waals surface area contributed by atoms with Crippen molar-refractivity contribution >= 4 is 50.9 Å². The zero-order chi connectivity index (χ0) is 25.3. The number of hydrogen-bond donors (Lipinski definition) is 0. The maximum atomic E-state index is 13.8. The SMILES string of the molecule is CCN(CC)C(=O)C1=C(C)N=c2s/c(=C/c3cc(Br)ccc3OC)c(=O)n2[C@@H]1c1ccc(Cl)cc1. The van der Waals surface area contributed by atoms with Gasteiger partial charge in [-0.1, -0.05) is 51.0 Å². The van der Waals surface area contributed by atoms with E-state index >= 15 is 0 Å². The summed E-state index contributed by atoms with van der Waals surface area (Å²) in [7, 11) is 1.59.